The highest BCUT2D eigenvalue weighted by molar-refractivity contribution is 7.09. The SMILES string of the molecule is CCCc1nsc(NCC2CCCC2CO)n1. The Morgan fingerprint density at radius 3 is 3.00 bits per heavy atom. The Hall–Kier alpha value is -0.680. The van der Waals surface area contributed by atoms with Crippen LogP contribution in [0, 0.1) is 11.8 Å². The average Bonchev–Trinajstić information content (AvgIpc) is 2.95. The molecule has 1 aromatic rings. The van der Waals surface area contributed by atoms with Gasteiger partial charge in [-0.25, -0.2) is 4.98 Å². The van der Waals surface area contributed by atoms with Gasteiger partial charge < -0.3 is 10.4 Å². The molecule has 17 heavy (non-hydrogen) atoms. The van der Waals surface area contributed by atoms with Crippen molar-refractivity contribution in [3.05, 3.63) is 5.82 Å². The highest BCUT2D eigenvalue weighted by atomic mass is 32.1. The molecule has 0 aromatic carbocycles. The number of aryl methyl sites for hydroxylation is 1. The molecule has 2 atom stereocenters. The first-order valence-corrected chi connectivity index (χ1v) is 7.28. The molecular weight excluding hydrogens is 234 g/mol. The van der Waals surface area contributed by atoms with Gasteiger partial charge in [0.2, 0.25) is 5.13 Å². The summed E-state index contributed by atoms with van der Waals surface area (Å²) in [5.74, 6) is 2.02. The largest absolute Gasteiger partial charge is 0.396 e. The summed E-state index contributed by atoms with van der Waals surface area (Å²) < 4.78 is 4.31. The van der Waals surface area contributed by atoms with Crippen molar-refractivity contribution in [1.29, 1.82) is 0 Å². The second-order valence-electron chi connectivity index (χ2n) is 4.78. The highest BCUT2D eigenvalue weighted by Crippen LogP contribution is 2.31. The number of rotatable bonds is 6. The van der Waals surface area contributed by atoms with E-state index in [2.05, 4.69) is 21.6 Å². The second kappa shape index (κ2) is 6.31. The lowest BCUT2D eigenvalue weighted by molar-refractivity contribution is 0.199. The topological polar surface area (TPSA) is 58.0 Å². The molecule has 0 radical (unpaired) electrons. The van der Waals surface area contributed by atoms with Crippen molar-refractivity contribution in [2.24, 2.45) is 11.8 Å². The van der Waals surface area contributed by atoms with Gasteiger partial charge in [-0.2, -0.15) is 4.37 Å². The van der Waals surface area contributed by atoms with E-state index in [1.807, 2.05) is 0 Å². The molecule has 0 bridgehead atoms. The minimum absolute atomic E-state index is 0.323. The molecule has 2 unspecified atom stereocenters. The van der Waals surface area contributed by atoms with Gasteiger partial charge in [0.25, 0.3) is 0 Å². The lowest BCUT2D eigenvalue weighted by atomic mass is 9.97. The maximum Gasteiger partial charge on any atom is 0.202 e. The Kier molecular flexibility index (Phi) is 4.74. The molecule has 2 N–H and O–H groups in total. The second-order valence-corrected chi connectivity index (χ2v) is 5.53. The standard InChI is InChI=1S/C12H21N3OS/c1-2-4-11-14-12(17-15-11)13-7-9-5-3-6-10(9)8-16/h9-10,16H,2-8H2,1H3,(H,13,14,15). The fourth-order valence-electron chi connectivity index (χ4n) is 2.49. The van der Waals surface area contributed by atoms with Crippen LogP contribution >= 0.6 is 11.5 Å². The van der Waals surface area contributed by atoms with Crippen LogP contribution in [0.15, 0.2) is 0 Å². The average molecular weight is 255 g/mol. The predicted molar refractivity (Wildman–Crippen MR) is 70.3 cm³/mol. The van der Waals surface area contributed by atoms with Gasteiger partial charge in [-0.05, 0) is 31.1 Å². The van der Waals surface area contributed by atoms with E-state index in [4.69, 9.17) is 0 Å². The number of aliphatic hydroxyl groups excluding tert-OH is 1. The molecule has 1 fully saturated rings. The van der Waals surface area contributed by atoms with Crippen molar-refractivity contribution in [1.82, 2.24) is 9.36 Å². The zero-order valence-electron chi connectivity index (χ0n) is 10.4. The zero-order valence-corrected chi connectivity index (χ0v) is 11.2. The smallest absolute Gasteiger partial charge is 0.202 e. The van der Waals surface area contributed by atoms with E-state index in [1.165, 1.54) is 30.8 Å². The van der Waals surface area contributed by atoms with Crippen LogP contribution in [0.1, 0.15) is 38.4 Å². The molecule has 1 aromatic heterocycles. The summed E-state index contributed by atoms with van der Waals surface area (Å²) in [4.78, 5) is 4.45. The molecular formula is C12H21N3OS. The summed E-state index contributed by atoms with van der Waals surface area (Å²) in [5.41, 5.74) is 0. The number of anilines is 1. The van der Waals surface area contributed by atoms with E-state index in [-0.39, 0.29) is 0 Å². The minimum atomic E-state index is 0.323. The molecule has 0 amide bonds. The van der Waals surface area contributed by atoms with Gasteiger partial charge in [0.05, 0.1) is 0 Å². The molecule has 0 aliphatic heterocycles. The first kappa shape index (κ1) is 12.8. The van der Waals surface area contributed by atoms with Crippen LogP contribution in [0.2, 0.25) is 0 Å². The van der Waals surface area contributed by atoms with Crippen LogP contribution < -0.4 is 5.32 Å². The van der Waals surface area contributed by atoms with Gasteiger partial charge in [-0.3, -0.25) is 0 Å². The summed E-state index contributed by atoms with van der Waals surface area (Å²) in [5, 5.41) is 13.5. The van der Waals surface area contributed by atoms with E-state index in [9.17, 15) is 5.11 Å². The zero-order chi connectivity index (χ0) is 12.1. The first-order valence-electron chi connectivity index (χ1n) is 6.50. The van der Waals surface area contributed by atoms with Gasteiger partial charge in [0, 0.05) is 31.1 Å². The van der Waals surface area contributed by atoms with Gasteiger partial charge in [-0.15, -0.1) is 0 Å². The fraction of sp³-hybridized carbons (Fsp3) is 0.833. The van der Waals surface area contributed by atoms with Crippen LogP contribution in [-0.2, 0) is 6.42 Å². The fourth-order valence-corrected chi connectivity index (χ4v) is 3.11. The van der Waals surface area contributed by atoms with Crippen LogP contribution in [-0.4, -0.2) is 27.6 Å². The number of nitrogens with zero attached hydrogens (tertiary/aromatic N) is 2. The van der Waals surface area contributed by atoms with Crippen molar-refractivity contribution >= 4 is 16.7 Å². The van der Waals surface area contributed by atoms with Gasteiger partial charge in [0.15, 0.2) is 0 Å². The molecule has 96 valence electrons. The lowest BCUT2D eigenvalue weighted by Crippen LogP contribution is -2.20. The van der Waals surface area contributed by atoms with Crippen molar-refractivity contribution in [2.45, 2.75) is 39.0 Å². The molecule has 1 aliphatic rings. The summed E-state index contributed by atoms with van der Waals surface area (Å²) in [6, 6.07) is 0. The summed E-state index contributed by atoms with van der Waals surface area (Å²) >= 11 is 1.45. The highest BCUT2D eigenvalue weighted by Gasteiger charge is 2.26. The Morgan fingerprint density at radius 2 is 2.24 bits per heavy atom. The van der Waals surface area contributed by atoms with Gasteiger partial charge in [0.1, 0.15) is 5.82 Å². The molecule has 4 nitrogen and oxygen atoms in total. The predicted octanol–water partition coefficient (Wildman–Crippen LogP) is 2.31. The normalized spacial score (nSPS) is 24.1. The van der Waals surface area contributed by atoms with Crippen LogP contribution in [0.5, 0.6) is 0 Å². The monoisotopic (exact) mass is 255 g/mol. The third-order valence-electron chi connectivity index (χ3n) is 3.51. The number of aromatic nitrogens is 2. The summed E-state index contributed by atoms with van der Waals surface area (Å²) in [7, 11) is 0. The number of aliphatic hydroxyl groups is 1. The number of hydrogen-bond acceptors (Lipinski definition) is 5. The molecule has 0 spiro atoms. The molecule has 1 saturated carbocycles. The van der Waals surface area contributed by atoms with E-state index >= 15 is 0 Å². The van der Waals surface area contributed by atoms with Gasteiger partial charge in [-0.1, -0.05) is 13.3 Å². The molecule has 5 heteroatoms. The van der Waals surface area contributed by atoms with E-state index in [0.717, 1.165) is 30.3 Å². The van der Waals surface area contributed by atoms with E-state index < -0.39 is 0 Å². The van der Waals surface area contributed by atoms with Crippen LogP contribution in [0.4, 0.5) is 5.13 Å². The summed E-state index contributed by atoms with van der Waals surface area (Å²) in [6.07, 6.45) is 5.68. The van der Waals surface area contributed by atoms with Crippen molar-refractivity contribution in [3.8, 4) is 0 Å². The Balaban J connectivity index is 1.80. The van der Waals surface area contributed by atoms with Crippen molar-refractivity contribution in [2.75, 3.05) is 18.5 Å². The van der Waals surface area contributed by atoms with Gasteiger partial charge >= 0.3 is 0 Å². The third kappa shape index (κ3) is 3.39. The number of nitrogens with one attached hydrogen (secondary N) is 1. The van der Waals surface area contributed by atoms with E-state index in [1.54, 1.807) is 0 Å². The van der Waals surface area contributed by atoms with Crippen molar-refractivity contribution in [3.63, 3.8) is 0 Å². The molecule has 2 rings (SSSR count). The Labute approximate surface area is 107 Å². The molecule has 1 aliphatic carbocycles. The summed E-state index contributed by atoms with van der Waals surface area (Å²) in [6.45, 7) is 3.38. The minimum Gasteiger partial charge on any atom is -0.396 e. The lowest BCUT2D eigenvalue weighted by Gasteiger charge is -2.17. The van der Waals surface area contributed by atoms with E-state index in [0.29, 0.717) is 18.4 Å². The Morgan fingerprint density at radius 1 is 1.41 bits per heavy atom. The quantitative estimate of drug-likeness (QED) is 0.819. The Bertz CT molecular complexity index is 342. The molecule has 0 saturated heterocycles. The first-order chi connectivity index (χ1) is 8.33. The maximum atomic E-state index is 9.25. The molecule has 1 heterocycles. The van der Waals surface area contributed by atoms with Crippen LogP contribution in [0.25, 0.3) is 0 Å². The van der Waals surface area contributed by atoms with Crippen molar-refractivity contribution < 1.29 is 5.11 Å². The third-order valence-corrected chi connectivity index (χ3v) is 4.22. The number of hydrogen-bond donors (Lipinski definition) is 2. The van der Waals surface area contributed by atoms with Crippen LogP contribution in [0.3, 0.4) is 0 Å². The maximum absolute atomic E-state index is 9.25.